The van der Waals surface area contributed by atoms with E-state index < -0.39 is 11.7 Å². The van der Waals surface area contributed by atoms with Gasteiger partial charge in [-0.1, -0.05) is 6.07 Å². The van der Waals surface area contributed by atoms with E-state index in [1.807, 2.05) is 0 Å². The SMILES string of the molecule is COc1ccc(CC(=O)Nc2ccc(F)c(NC(C)=O)c2)c(OC)c1OC. The van der Waals surface area contributed by atoms with E-state index in [1.54, 1.807) is 12.1 Å². The smallest absolute Gasteiger partial charge is 0.228 e. The highest BCUT2D eigenvalue weighted by atomic mass is 19.1. The number of amides is 2. The molecule has 0 heterocycles. The van der Waals surface area contributed by atoms with Crippen LogP contribution in [0.25, 0.3) is 0 Å². The molecule has 0 spiro atoms. The van der Waals surface area contributed by atoms with Crippen LogP contribution in [0.15, 0.2) is 30.3 Å². The van der Waals surface area contributed by atoms with Gasteiger partial charge in [-0.15, -0.1) is 0 Å². The van der Waals surface area contributed by atoms with Gasteiger partial charge in [-0.25, -0.2) is 4.39 Å². The Balaban J connectivity index is 2.20. The monoisotopic (exact) mass is 376 g/mol. The summed E-state index contributed by atoms with van der Waals surface area (Å²) in [5, 5.41) is 5.03. The van der Waals surface area contributed by atoms with Gasteiger partial charge in [0.2, 0.25) is 17.6 Å². The lowest BCUT2D eigenvalue weighted by molar-refractivity contribution is -0.116. The van der Waals surface area contributed by atoms with Gasteiger partial charge in [0.05, 0.1) is 33.4 Å². The fraction of sp³-hybridized carbons (Fsp3) is 0.263. The largest absolute Gasteiger partial charge is 0.493 e. The molecule has 27 heavy (non-hydrogen) atoms. The van der Waals surface area contributed by atoms with Gasteiger partial charge in [-0.05, 0) is 24.3 Å². The number of anilines is 2. The van der Waals surface area contributed by atoms with E-state index in [1.165, 1.54) is 40.4 Å². The third kappa shape index (κ3) is 4.87. The summed E-state index contributed by atoms with van der Waals surface area (Å²) in [5.74, 6) is -0.0832. The second-order valence-electron chi connectivity index (χ2n) is 5.59. The Morgan fingerprint density at radius 3 is 2.26 bits per heavy atom. The molecular formula is C19H21FN2O5. The van der Waals surface area contributed by atoms with E-state index in [4.69, 9.17) is 14.2 Å². The van der Waals surface area contributed by atoms with Crippen molar-refractivity contribution in [3.63, 3.8) is 0 Å². The summed E-state index contributed by atoms with van der Waals surface area (Å²) in [6.45, 7) is 1.27. The number of carbonyl (C=O) groups is 2. The number of benzene rings is 2. The number of halogens is 1. The molecular weight excluding hydrogens is 355 g/mol. The van der Waals surface area contributed by atoms with Gasteiger partial charge in [0.1, 0.15) is 5.82 Å². The lowest BCUT2D eigenvalue weighted by Gasteiger charge is -2.15. The van der Waals surface area contributed by atoms with Gasteiger partial charge in [0.25, 0.3) is 0 Å². The van der Waals surface area contributed by atoms with Gasteiger partial charge in [0.15, 0.2) is 11.5 Å². The first-order valence-corrected chi connectivity index (χ1v) is 8.04. The maximum absolute atomic E-state index is 13.7. The summed E-state index contributed by atoms with van der Waals surface area (Å²) in [5.41, 5.74) is 0.936. The molecule has 0 unspecified atom stereocenters. The molecule has 0 atom stereocenters. The fourth-order valence-electron chi connectivity index (χ4n) is 2.57. The fourth-order valence-corrected chi connectivity index (χ4v) is 2.57. The molecule has 144 valence electrons. The highest BCUT2D eigenvalue weighted by Crippen LogP contribution is 2.40. The van der Waals surface area contributed by atoms with Crippen molar-refractivity contribution in [2.75, 3.05) is 32.0 Å². The summed E-state index contributed by atoms with van der Waals surface area (Å²) in [6, 6.07) is 7.30. The van der Waals surface area contributed by atoms with Gasteiger partial charge in [0, 0.05) is 18.2 Å². The molecule has 0 saturated heterocycles. The van der Waals surface area contributed by atoms with Gasteiger partial charge in [-0.3, -0.25) is 9.59 Å². The topological polar surface area (TPSA) is 85.9 Å². The average Bonchev–Trinajstić information content (AvgIpc) is 2.63. The highest BCUT2D eigenvalue weighted by Gasteiger charge is 2.18. The molecule has 0 aliphatic rings. The predicted octanol–water partition coefficient (Wildman–Crippen LogP) is 2.99. The summed E-state index contributed by atoms with van der Waals surface area (Å²) in [6.07, 6.45) is -0.00360. The number of hydrogen-bond donors (Lipinski definition) is 2. The van der Waals surface area contributed by atoms with E-state index in [-0.39, 0.29) is 18.0 Å². The second kappa shape index (κ2) is 8.88. The summed E-state index contributed by atoms with van der Waals surface area (Å²) < 4.78 is 29.6. The lowest BCUT2D eigenvalue weighted by atomic mass is 10.1. The van der Waals surface area contributed by atoms with Crippen LogP contribution < -0.4 is 24.8 Å². The number of hydrogen-bond acceptors (Lipinski definition) is 5. The number of methoxy groups -OCH3 is 3. The minimum atomic E-state index is -0.593. The van der Waals surface area contributed by atoms with E-state index in [0.717, 1.165) is 6.07 Å². The van der Waals surface area contributed by atoms with Crippen LogP contribution in [0.3, 0.4) is 0 Å². The van der Waals surface area contributed by atoms with Crippen molar-refractivity contribution in [2.24, 2.45) is 0 Å². The van der Waals surface area contributed by atoms with Crippen LogP contribution >= 0.6 is 0 Å². The Hall–Kier alpha value is -3.29. The Labute approximate surface area is 156 Å². The summed E-state index contributed by atoms with van der Waals surface area (Å²) in [7, 11) is 4.45. The zero-order valence-electron chi connectivity index (χ0n) is 15.5. The van der Waals surface area contributed by atoms with Crippen LogP contribution in [-0.2, 0) is 16.0 Å². The second-order valence-corrected chi connectivity index (χ2v) is 5.59. The number of nitrogens with one attached hydrogen (secondary N) is 2. The standard InChI is InChI=1S/C19H21FN2O5/c1-11(23)21-15-10-13(6-7-14(15)20)22-17(24)9-12-5-8-16(25-2)19(27-4)18(12)26-3/h5-8,10H,9H2,1-4H3,(H,21,23)(H,22,24). The molecule has 2 N–H and O–H groups in total. The first-order chi connectivity index (χ1) is 12.9. The van der Waals surface area contributed by atoms with Crippen LogP contribution in [0.5, 0.6) is 17.2 Å². The van der Waals surface area contributed by atoms with Crippen LogP contribution in [0, 0.1) is 5.82 Å². The van der Waals surface area contributed by atoms with Crippen LogP contribution in [0.4, 0.5) is 15.8 Å². The molecule has 0 saturated carbocycles. The minimum Gasteiger partial charge on any atom is -0.493 e. The Bertz CT molecular complexity index is 854. The van der Waals surface area contributed by atoms with E-state index in [9.17, 15) is 14.0 Å². The van der Waals surface area contributed by atoms with Crippen molar-refractivity contribution in [3.05, 3.63) is 41.7 Å². The average molecular weight is 376 g/mol. The molecule has 0 radical (unpaired) electrons. The molecule has 2 rings (SSSR count). The zero-order valence-corrected chi connectivity index (χ0v) is 15.5. The Kier molecular flexibility index (Phi) is 6.59. The van der Waals surface area contributed by atoms with Crippen molar-refractivity contribution in [1.29, 1.82) is 0 Å². The molecule has 2 aromatic rings. The highest BCUT2D eigenvalue weighted by molar-refractivity contribution is 5.94. The van der Waals surface area contributed by atoms with Crippen LogP contribution in [-0.4, -0.2) is 33.1 Å². The first-order valence-electron chi connectivity index (χ1n) is 8.04. The molecule has 0 fully saturated rings. The number of carbonyl (C=O) groups excluding carboxylic acids is 2. The number of ether oxygens (including phenoxy) is 3. The summed E-state index contributed by atoms with van der Waals surface area (Å²) >= 11 is 0. The third-order valence-electron chi connectivity index (χ3n) is 3.70. The maximum atomic E-state index is 13.7. The van der Waals surface area contributed by atoms with Crippen molar-refractivity contribution in [3.8, 4) is 17.2 Å². The van der Waals surface area contributed by atoms with Crippen LogP contribution in [0.1, 0.15) is 12.5 Å². The quantitative estimate of drug-likeness (QED) is 0.776. The molecule has 0 aliphatic carbocycles. The van der Waals surface area contributed by atoms with Gasteiger partial charge < -0.3 is 24.8 Å². The van der Waals surface area contributed by atoms with Crippen molar-refractivity contribution < 1.29 is 28.2 Å². The molecule has 0 bridgehead atoms. The van der Waals surface area contributed by atoms with Gasteiger partial charge in [-0.2, -0.15) is 0 Å². The van der Waals surface area contributed by atoms with Gasteiger partial charge >= 0.3 is 0 Å². The van der Waals surface area contributed by atoms with Crippen molar-refractivity contribution >= 4 is 23.2 Å². The Morgan fingerprint density at radius 2 is 1.67 bits per heavy atom. The third-order valence-corrected chi connectivity index (χ3v) is 3.70. The molecule has 8 heteroatoms. The molecule has 2 aromatic carbocycles. The van der Waals surface area contributed by atoms with E-state index >= 15 is 0 Å². The molecule has 2 amide bonds. The molecule has 7 nitrogen and oxygen atoms in total. The maximum Gasteiger partial charge on any atom is 0.228 e. The molecule has 0 aliphatic heterocycles. The minimum absolute atomic E-state index is 0.00360. The first kappa shape index (κ1) is 20.0. The van der Waals surface area contributed by atoms with Crippen molar-refractivity contribution in [2.45, 2.75) is 13.3 Å². The van der Waals surface area contributed by atoms with E-state index in [0.29, 0.717) is 28.5 Å². The van der Waals surface area contributed by atoms with Crippen molar-refractivity contribution in [1.82, 2.24) is 0 Å². The normalized spacial score (nSPS) is 10.1. The Morgan fingerprint density at radius 1 is 0.963 bits per heavy atom. The number of rotatable bonds is 7. The summed E-state index contributed by atoms with van der Waals surface area (Å²) in [4.78, 5) is 23.5. The molecule has 0 aromatic heterocycles. The zero-order chi connectivity index (χ0) is 20.0. The van der Waals surface area contributed by atoms with E-state index in [2.05, 4.69) is 10.6 Å². The predicted molar refractivity (Wildman–Crippen MR) is 99.1 cm³/mol. The van der Waals surface area contributed by atoms with Crippen LogP contribution in [0.2, 0.25) is 0 Å². The lowest BCUT2D eigenvalue weighted by Crippen LogP contribution is -2.16.